The van der Waals surface area contributed by atoms with Crippen molar-refractivity contribution in [2.45, 2.75) is 0 Å². The van der Waals surface area contributed by atoms with Gasteiger partial charge < -0.3 is 14.8 Å². The maximum atomic E-state index is 13.2. The van der Waals surface area contributed by atoms with Gasteiger partial charge in [-0.2, -0.15) is 0 Å². The summed E-state index contributed by atoms with van der Waals surface area (Å²) in [5.41, 5.74) is 0.468. The zero-order valence-corrected chi connectivity index (χ0v) is 15.3. The van der Waals surface area contributed by atoms with Crippen molar-refractivity contribution in [2.75, 3.05) is 36.6 Å². The van der Waals surface area contributed by atoms with Crippen LogP contribution in [0.4, 0.5) is 15.8 Å². The topological polar surface area (TPSA) is 84.9 Å². The van der Waals surface area contributed by atoms with E-state index in [1.165, 1.54) is 50.6 Å². The Kier molecular flexibility index (Phi) is 6.04. The number of amides is 1. The van der Waals surface area contributed by atoms with Crippen LogP contribution < -0.4 is 19.1 Å². The van der Waals surface area contributed by atoms with Crippen LogP contribution in [0.2, 0.25) is 0 Å². The summed E-state index contributed by atoms with van der Waals surface area (Å²) in [6, 6.07) is 9.81. The average Bonchev–Trinajstić information content (AvgIpc) is 2.58. The zero-order chi connectivity index (χ0) is 19.3. The molecule has 0 heterocycles. The van der Waals surface area contributed by atoms with Crippen LogP contribution in [0.5, 0.6) is 11.5 Å². The van der Waals surface area contributed by atoms with Crippen LogP contribution in [0, 0.1) is 5.82 Å². The molecule has 0 aliphatic carbocycles. The molecule has 140 valence electrons. The fourth-order valence-electron chi connectivity index (χ4n) is 2.28. The van der Waals surface area contributed by atoms with E-state index in [2.05, 4.69) is 5.32 Å². The lowest BCUT2D eigenvalue weighted by Crippen LogP contribution is -2.37. The molecule has 0 unspecified atom stereocenters. The Morgan fingerprint density at radius 1 is 1.12 bits per heavy atom. The number of carbonyl (C=O) groups is 1. The van der Waals surface area contributed by atoms with E-state index in [1.54, 1.807) is 0 Å². The fraction of sp³-hybridized carbons (Fsp3) is 0.235. The third-order valence-electron chi connectivity index (χ3n) is 3.45. The van der Waals surface area contributed by atoms with Crippen molar-refractivity contribution in [1.29, 1.82) is 0 Å². The summed E-state index contributed by atoms with van der Waals surface area (Å²) in [5.74, 6) is -0.378. The van der Waals surface area contributed by atoms with Crippen molar-refractivity contribution in [2.24, 2.45) is 0 Å². The molecule has 0 aliphatic heterocycles. The molecule has 0 aromatic heterocycles. The van der Waals surface area contributed by atoms with Gasteiger partial charge in [0.05, 0.1) is 26.2 Å². The standard InChI is InChI=1S/C17H19FN2O5S/c1-24-15-8-7-14(10-16(15)25-2)20(26(3,22)23)11-17(21)19-13-6-4-5-12(18)9-13/h4-10H,11H2,1-3H3,(H,19,21). The molecule has 0 saturated heterocycles. The first-order chi connectivity index (χ1) is 12.2. The molecule has 0 bridgehead atoms. The first-order valence-corrected chi connectivity index (χ1v) is 9.34. The van der Waals surface area contributed by atoms with Gasteiger partial charge in [0.2, 0.25) is 15.9 Å². The van der Waals surface area contributed by atoms with Gasteiger partial charge in [-0.15, -0.1) is 0 Å². The Bertz CT molecular complexity index is 902. The van der Waals surface area contributed by atoms with Crippen LogP contribution in [0.3, 0.4) is 0 Å². The third kappa shape index (κ3) is 4.85. The minimum Gasteiger partial charge on any atom is -0.493 e. The van der Waals surface area contributed by atoms with Crippen molar-refractivity contribution in [3.8, 4) is 11.5 Å². The molecule has 1 N–H and O–H groups in total. The first-order valence-electron chi connectivity index (χ1n) is 7.49. The summed E-state index contributed by atoms with van der Waals surface area (Å²) >= 11 is 0. The number of nitrogens with one attached hydrogen (secondary N) is 1. The van der Waals surface area contributed by atoms with E-state index >= 15 is 0 Å². The van der Waals surface area contributed by atoms with Crippen LogP contribution >= 0.6 is 0 Å². The molecule has 0 saturated carbocycles. The fourth-order valence-corrected chi connectivity index (χ4v) is 3.13. The number of sulfonamides is 1. The molecule has 0 radical (unpaired) electrons. The summed E-state index contributed by atoms with van der Waals surface area (Å²) in [4.78, 5) is 12.2. The van der Waals surface area contributed by atoms with Gasteiger partial charge in [-0.1, -0.05) is 6.07 Å². The third-order valence-corrected chi connectivity index (χ3v) is 4.59. The number of hydrogen-bond acceptors (Lipinski definition) is 5. The van der Waals surface area contributed by atoms with Crippen LogP contribution in [0.15, 0.2) is 42.5 Å². The van der Waals surface area contributed by atoms with Gasteiger partial charge in [0.25, 0.3) is 0 Å². The van der Waals surface area contributed by atoms with Crippen molar-refractivity contribution < 1.29 is 27.1 Å². The number of methoxy groups -OCH3 is 2. The van der Waals surface area contributed by atoms with Gasteiger partial charge in [-0.25, -0.2) is 12.8 Å². The summed E-state index contributed by atoms with van der Waals surface area (Å²) in [7, 11) is -0.880. The highest BCUT2D eigenvalue weighted by Gasteiger charge is 2.22. The molecular formula is C17H19FN2O5S. The van der Waals surface area contributed by atoms with E-state index in [0.717, 1.165) is 16.6 Å². The molecule has 2 aromatic carbocycles. The van der Waals surface area contributed by atoms with E-state index in [-0.39, 0.29) is 11.4 Å². The summed E-state index contributed by atoms with van der Waals surface area (Å²) in [6.45, 7) is -0.481. The molecule has 7 nitrogen and oxygen atoms in total. The van der Waals surface area contributed by atoms with Gasteiger partial charge in [-0.05, 0) is 30.3 Å². The Hall–Kier alpha value is -2.81. The summed E-state index contributed by atoms with van der Waals surface area (Å²) in [5, 5.41) is 2.47. The number of hydrogen-bond donors (Lipinski definition) is 1. The molecule has 1 amide bonds. The van der Waals surface area contributed by atoms with Crippen molar-refractivity contribution in [1.82, 2.24) is 0 Å². The Morgan fingerprint density at radius 2 is 1.81 bits per heavy atom. The molecule has 2 rings (SSSR count). The second kappa shape index (κ2) is 8.05. The van der Waals surface area contributed by atoms with Gasteiger partial charge in [0.1, 0.15) is 12.4 Å². The quantitative estimate of drug-likeness (QED) is 0.794. The highest BCUT2D eigenvalue weighted by Crippen LogP contribution is 2.32. The van der Waals surface area contributed by atoms with Crippen LogP contribution in [0.1, 0.15) is 0 Å². The van der Waals surface area contributed by atoms with Gasteiger partial charge >= 0.3 is 0 Å². The minimum absolute atomic E-state index is 0.232. The number of carbonyl (C=O) groups excluding carboxylic acids is 1. The van der Waals surface area contributed by atoms with E-state index in [0.29, 0.717) is 11.5 Å². The summed E-state index contributed by atoms with van der Waals surface area (Å²) in [6.07, 6.45) is 0.985. The van der Waals surface area contributed by atoms with E-state index < -0.39 is 28.3 Å². The van der Waals surface area contributed by atoms with Crippen LogP contribution in [0.25, 0.3) is 0 Å². The highest BCUT2D eigenvalue weighted by atomic mass is 32.2. The van der Waals surface area contributed by atoms with Gasteiger partial charge in [0.15, 0.2) is 11.5 Å². The van der Waals surface area contributed by atoms with Crippen molar-refractivity contribution >= 4 is 27.3 Å². The van der Waals surface area contributed by atoms with E-state index in [4.69, 9.17) is 9.47 Å². The van der Waals surface area contributed by atoms with Crippen LogP contribution in [-0.2, 0) is 14.8 Å². The average molecular weight is 382 g/mol. The minimum atomic E-state index is -3.76. The number of halogens is 1. The molecule has 2 aromatic rings. The van der Waals surface area contributed by atoms with Crippen molar-refractivity contribution in [3.05, 3.63) is 48.3 Å². The Balaban J connectivity index is 2.27. The van der Waals surface area contributed by atoms with Crippen molar-refractivity contribution in [3.63, 3.8) is 0 Å². The molecule has 0 spiro atoms. The number of benzene rings is 2. The molecule has 0 atom stereocenters. The number of nitrogens with zero attached hydrogens (tertiary/aromatic N) is 1. The number of ether oxygens (including phenoxy) is 2. The largest absolute Gasteiger partial charge is 0.493 e. The van der Waals surface area contributed by atoms with E-state index in [9.17, 15) is 17.6 Å². The Morgan fingerprint density at radius 3 is 2.38 bits per heavy atom. The maximum absolute atomic E-state index is 13.2. The number of rotatable bonds is 7. The first kappa shape index (κ1) is 19.5. The summed E-state index contributed by atoms with van der Waals surface area (Å²) < 4.78 is 48.7. The number of anilines is 2. The lowest BCUT2D eigenvalue weighted by atomic mass is 10.2. The predicted molar refractivity (Wildman–Crippen MR) is 96.8 cm³/mol. The van der Waals surface area contributed by atoms with Crippen LogP contribution in [-0.4, -0.2) is 41.3 Å². The van der Waals surface area contributed by atoms with Gasteiger partial charge in [-0.3, -0.25) is 9.10 Å². The smallest absolute Gasteiger partial charge is 0.245 e. The monoisotopic (exact) mass is 382 g/mol. The molecule has 0 aliphatic rings. The highest BCUT2D eigenvalue weighted by molar-refractivity contribution is 7.92. The molecular weight excluding hydrogens is 363 g/mol. The molecule has 26 heavy (non-hydrogen) atoms. The van der Waals surface area contributed by atoms with E-state index in [1.807, 2.05) is 0 Å². The predicted octanol–water partition coefficient (Wildman–Crippen LogP) is 2.25. The molecule has 0 fully saturated rings. The molecule has 9 heteroatoms. The lowest BCUT2D eigenvalue weighted by molar-refractivity contribution is -0.114. The maximum Gasteiger partial charge on any atom is 0.245 e. The SMILES string of the molecule is COc1ccc(N(CC(=O)Nc2cccc(F)c2)S(C)(=O)=O)cc1OC. The lowest BCUT2D eigenvalue weighted by Gasteiger charge is -2.23. The zero-order valence-electron chi connectivity index (χ0n) is 14.5. The second-order valence-electron chi connectivity index (χ2n) is 5.37. The van der Waals surface area contributed by atoms with Gasteiger partial charge in [0, 0.05) is 11.8 Å². The Labute approximate surface area is 151 Å². The second-order valence-corrected chi connectivity index (χ2v) is 7.27. The normalized spacial score (nSPS) is 10.9.